The number of benzene rings is 1. The second-order valence-electron chi connectivity index (χ2n) is 11.4. The van der Waals surface area contributed by atoms with Gasteiger partial charge in [0.1, 0.15) is 34.7 Å². The number of hydrogen-bond donors (Lipinski definition) is 6. The van der Waals surface area contributed by atoms with Gasteiger partial charge in [0.25, 0.3) is 0 Å². The number of nitrogens with zero attached hydrogens (tertiary/aromatic N) is 5. The van der Waals surface area contributed by atoms with E-state index < -0.39 is 40.5 Å². The van der Waals surface area contributed by atoms with Crippen LogP contribution in [0.1, 0.15) is 31.5 Å². The van der Waals surface area contributed by atoms with E-state index in [1.807, 2.05) is 0 Å². The topological polar surface area (TPSA) is 198 Å². The van der Waals surface area contributed by atoms with Crippen molar-refractivity contribution in [3.05, 3.63) is 57.9 Å². The third-order valence-electron chi connectivity index (χ3n) is 8.61. The first-order chi connectivity index (χ1) is 19.1. The number of halogens is 2. The number of hydrogen-bond acceptors (Lipinski definition) is 12. The molecule has 2 aliphatic carbocycles. The summed E-state index contributed by atoms with van der Waals surface area (Å²) in [6, 6.07) is 4.50. The zero-order valence-electron chi connectivity index (χ0n) is 22.1. The predicted molar refractivity (Wildman–Crippen MR) is 141 cm³/mol. The zero-order chi connectivity index (χ0) is 29.5. The molecule has 2 fully saturated rings. The van der Waals surface area contributed by atoms with E-state index in [-0.39, 0.29) is 46.3 Å². The number of aliphatic hydroxyl groups is 4. The van der Waals surface area contributed by atoms with Crippen LogP contribution in [0.2, 0.25) is 0 Å². The number of aryl methyl sites for hydroxylation is 2. The Labute approximate surface area is 236 Å². The number of nitrogens with two attached hydrogens (primary N) is 2. The Morgan fingerprint density at radius 3 is 2.61 bits per heavy atom. The molecule has 7 rings (SSSR count). The van der Waals surface area contributed by atoms with E-state index in [1.165, 1.54) is 23.2 Å². The van der Waals surface area contributed by atoms with E-state index >= 15 is 4.39 Å². The summed E-state index contributed by atoms with van der Waals surface area (Å²) >= 11 is 5.96. The van der Waals surface area contributed by atoms with Gasteiger partial charge in [-0.3, -0.25) is 14.7 Å². The highest BCUT2D eigenvalue weighted by molar-refractivity contribution is 6.15. The molecule has 15 heteroatoms. The highest BCUT2D eigenvalue weighted by atomic mass is 35.5. The smallest absolute Gasteiger partial charge is 0.245 e. The van der Waals surface area contributed by atoms with Crippen molar-refractivity contribution in [1.82, 2.24) is 19.0 Å². The fraction of sp³-hybridized carbons (Fsp3) is 0.423. The van der Waals surface area contributed by atoms with Crippen molar-refractivity contribution < 1.29 is 34.3 Å². The first kappa shape index (κ1) is 26.5. The molecule has 1 aromatic carbocycles. The van der Waals surface area contributed by atoms with Crippen LogP contribution in [-0.2, 0) is 15.9 Å². The first-order valence-corrected chi connectivity index (χ1v) is 13.1. The highest BCUT2D eigenvalue weighted by Gasteiger charge is 3.02. The van der Waals surface area contributed by atoms with Crippen molar-refractivity contribution in [1.29, 1.82) is 0 Å². The van der Waals surface area contributed by atoms with Crippen LogP contribution in [0.25, 0.3) is 22.9 Å². The summed E-state index contributed by atoms with van der Waals surface area (Å²) in [6.45, 7) is 4.78. The van der Waals surface area contributed by atoms with Gasteiger partial charge in [0.2, 0.25) is 17.4 Å². The molecule has 4 aliphatic rings. The van der Waals surface area contributed by atoms with E-state index in [0.29, 0.717) is 16.6 Å². The van der Waals surface area contributed by atoms with Gasteiger partial charge in [-0.1, -0.05) is 0 Å². The molecule has 216 valence electrons. The lowest BCUT2D eigenvalue weighted by Gasteiger charge is -2.31. The molecule has 0 bridgehead atoms. The molecule has 2 aliphatic heterocycles. The van der Waals surface area contributed by atoms with Crippen LogP contribution in [0, 0.1) is 18.2 Å². The molecule has 0 spiro atoms. The largest absolute Gasteiger partial charge is 0.459 e. The van der Waals surface area contributed by atoms with Crippen molar-refractivity contribution in [2.45, 2.75) is 62.9 Å². The fourth-order valence-electron chi connectivity index (χ4n) is 6.81. The summed E-state index contributed by atoms with van der Waals surface area (Å²) in [5.74, 6) is -7.45. The van der Waals surface area contributed by atoms with E-state index in [2.05, 4.69) is 15.0 Å². The maximum atomic E-state index is 15.0. The molecular weight excluding hydrogens is 561 g/mol. The summed E-state index contributed by atoms with van der Waals surface area (Å²) in [5.41, 5.74) is 8.25. The van der Waals surface area contributed by atoms with E-state index in [1.54, 1.807) is 32.9 Å². The number of rotatable bonds is 4. The molecular formula is C26H27ClFN7O6. The normalized spacial score (nSPS) is 32.2. The quantitative estimate of drug-likeness (QED) is 0.165. The Hall–Kier alpha value is -3.37. The number of fused-ring (bicyclic) bond motifs is 5. The maximum absolute atomic E-state index is 15.0. The van der Waals surface area contributed by atoms with Crippen LogP contribution in [0.4, 0.5) is 10.2 Å². The Morgan fingerprint density at radius 2 is 1.88 bits per heavy atom. The SMILES string of the molecule is Cc1cc2c(N)ncnc2n1C1=C2OC(C)(C)O[C@]2(O)[C@@]2(CCc3cc(F)c4c(c3)=NC(N)N(Cl)C=4)C(O)(O)[C@@]12O. The molecule has 0 radical (unpaired) electrons. The molecule has 8 N–H and O–H groups in total. The Bertz CT molecular complexity index is 1850. The van der Waals surface area contributed by atoms with Crippen LogP contribution < -0.4 is 22.0 Å². The van der Waals surface area contributed by atoms with Gasteiger partial charge in [0.05, 0.1) is 16.0 Å². The van der Waals surface area contributed by atoms with Gasteiger partial charge >= 0.3 is 0 Å². The predicted octanol–water partition coefficient (Wildman–Crippen LogP) is -0.771. The Balaban J connectivity index is 1.38. The average molecular weight is 588 g/mol. The lowest BCUT2D eigenvalue weighted by atomic mass is 9.86. The average Bonchev–Trinajstić information content (AvgIpc) is 3.14. The summed E-state index contributed by atoms with van der Waals surface area (Å²) in [5, 5.41) is 48.0. The van der Waals surface area contributed by atoms with E-state index in [0.717, 1.165) is 4.42 Å². The van der Waals surface area contributed by atoms with Crippen molar-refractivity contribution in [3.8, 4) is 0 Å². The number of aromatic nitrogens is 3. The summed E-state index contributed by atoms with van der Waals surface area (Å²) in [6.07, 6.45) is 1.32. The van der Waals surface area contributed by atoms with Crippen LogP contribution in [-0.4, -0.2) is 68.6 Å². The molecule has 4 atom stereocenters. The van der Waals surface area contributed by atoms with Crippen molar-refractivity contribution in [3.63, 3.8) is 0 Å². The van der Waals surface area contributed by atoms with Gasteiger partial charge in [-0.15, -0.1) is 0 Å². The Morgan fingerprint density at radius 1 is 1.15 bits per heavy atom. The molecule has 13 nitrogen and oxygen atoms in total. The Kier molecular flexibility index (Phi) is 4.99. The molecule has 4 heterocycles. The zero-order valence-corrected chi connectivity index (χ0v) is 22.9. The molecule has 1 unspecified atom stereocenters. The number of ether oxygens (including phenoxy) is 2. The highest BCUT2D eigenvalue weighted by Crippen LogP contribution is 2.82. The van der Waals surface area contributed by atoms with Crippen molar-refractivity contribution in [2.24, 2.45) is 16.1 Å². The minimum atomic E-state index is -2.90. The molecule has 1 saturated carbocycles. The van der Waals surface area contributed by atoms with Crippen LogP contribution in [0.5, 0.6) is 0 Å². The van der Waals surface area contributed by atoms with E-state index in [4.69, 9.17) is 32.7 Å². The first-order valence-electron chi connectivity index (χ1n) is 12.8. The lowest BCUT2D eigenvalue weighted by molar-refractivity contribution is -0.282. The molecule has 2 aromatic heterocycles. The number of nitrogen functional groups attached to an aromatic ring is 1. The van der Waals surface area contributed by atoms with E-state index in [9.17, 15) is 20.4 Å². The molecule has 3 aromatic rings. The second kappa shape index (κ2) is 7.72. The van der Waals surface area contributed by atoms with Crippen LogP contribution in [0.15, 0.2) is 35.3 Å². The maximum Gasteiger partial charge on any atom is 0.245 e. The van der Waals surface area contributed by atoms with Crippen molar-refractivity contribution in [2.75, 3.05) is 5.73 Å². The van der Waals surface area contributed by atoms with Crippen LogP contribution >= 0.6 is 11.8 Å². The third kappa shape index (κ3) is 2.97. The lowest BCUT2D eigenvalue weighted by Crippen LogP contribution is -2.47. The van der Waals surface area contributed by atoms with Crippen LogP contribution in [0.3, 0.4) is 0 Å². The van der Waals surface area contributed by atoms with Gasteiger partial charge in [0.15, 0.2) is 17.6 Å². The fourth-order valence-corrected chi connectivity index (χ4v) is 6.95. The molecule has 41 heavy (non-hydrogen) atoms. The van der Waals surface area contributed by atoms with Gasteiger partial charge in [-0.2, -0.15) is 0 Å². The number of anilines is 1. The summed E-state index contributed by atoms with van der Waals surface area (Å²) < 4.78 is 29.5. The van der Waals surface area contributed by atoms with Gasteiger partial charge in [-0.25, -0.2) is 19.4 Å². The van der Waals surface area contributed by atoms with Gasteiger partial charge in [-0.05, 0) is 43.5 Å². The van der Waals surface area contributed by atoms with Crippen molar-refractivity contribution >= 4 is 40.5 Å². The standard InChI is InChI=1S/C26H27ClFN7O6/c1-11-6-13-19(29)31-10-32-20(13)35(11)17-18-25(37,41-22(2,3)40-18)23(24(17,36)26(23,38)39)5-4-12-7-15(28)14-9-34(27)21(30)33-16(14)8-12/h6-10,21,36-39H,4-5,30H2,1-3H3,(H2,29,31,32)/t21?,23-,24+,25-/m0/s1. The van der Waals surface area contributed by atoms with Gasteiger partial charge < -0.3 is 35.6 Å². The van der Waals surface area contributed by atoms with Gasteiger partial charge in [0, 0.05) is 37.5 Å². The minimum Gasteiger partial charge on any atom is -0.459 e. The summed E-state index contributed by atoms with van der Waals surface area (Å²) in [7, 11) is 0. The molecule has 1 saturated heterocycles. The second-order valence-corrected chi connectivity index (χ2v) is 11.7. The third-order valence-corrected chi connectivity index (χ3v) is 8.91. The summed E-state index contributed by atoms with van der Waals surface area (Å²) in [4.78, 5) is 12.5. The molecule has 0 amide bonds. The monoisotopic (exact) mass is 587 g/mol. The minimum absolute atomic E-state index is 0.0298.